The van der Waals surface area contributed by atoms with Crippen molar-refractivity contribution in [1.29, 1.82) is 0 Å². The minimum Gasteiger partial charge on any atom is -0.337 e. The molecule has 21 heavy (non-hydrogen) atoms. The highest BCUT2D eigenvalue weighted by Gasteiger charge is 2.21. The van der Waals surface area contributed by atoms with E-state index < -0.39 is 6.04 Å². The number of halogens is 1. The van der Waals surface area contributed by atoms with E-state index in [0.29, 0.717) is 13.1 Å². The number of amides is 1. The zero-order valence-corrected chi connectivity index (χ0v) is 12.0. The van der Waals surface area contributed by atoms with Gasteiger partial charge in [-0.3, -0.25) is 4.79 Å². The van der Waals surface area contributed by atoms with Crippen LogP contribution < -0.4 is 5.73 Å². The normalized spacial score (nSPS) is 12.0. The van der Waals surface area contributed by atoms with Gasteiger partial charge in [0.05, 0.1) is 0 Å². The van der Waals surface area contributed by atoms with E-state index in [1.54, 1.807) is 17.0 Å². The van der Waals surface area contributed by atoms with Crippen molar-refractivity contribution in [2.24, 2.45) is 5.73 Å². The van der Waals surface area contributed by atoms with Crippen LogP contribution >= 0.6 is 0 Å². The quantitative estimate of drug-likeness (QED) is 0.918. The summed E-state index contributed by atoms with van der Waals surface area (Å²) in [6.07, 6.45) is 0. The van der Waals surface area contributed by atoms with Crippen LogP contribution in [0.2, 0.25) is 0 Å². The van der Waals surface area contributed by atoms with E-state index >= 15 is 0 Å². The van der Waals surface area contributed by atoms with E-state index in [1.807, 2.05) is 37.3 Å². The fourth-order valence-corrected chi connectivity index (χ4v) is 2.20. The fraction of sp³-hybridized carbons (Fsp3) is 0.235. The minimum atomic E-state index is -0.695. The highest BCUT2D eigenvalue weighted by molar-refractivity contribution is 5.83. The Morgan fingerprint density at radius 3 is 2.52 bits per heavy atom. The Morgan fingerprint density at radius 2 is 1.90 bits per heavy atom. The van der Waals surface area contributed by atoms with Gasteiger partial charge in [0, 0.05) is 13.1 Å². The smallest absolute Gasteiger partial charge is 0.244 e. The Kier molecular flexibility index (Phi) is 5.06. The van der Waals surface area contributed by atoms with E-state index in [2.05, 4.69) is 0 Å². The Balaban J connectivity index is 2.12. The standard InChI is InChI=1S/C17H19FN2O/c1-2-20(12-13-7-6-10-15(18)11-13)17(21)16(19)14-8-4-3-5-9-14/h3-11,16H,2,12,19H2,1H3/t16-/m0/s1. The second kappa shape index (κ2) is 6.99. The van der Waals surface area contributed by atoms with Crippen LogP contribution in [0.25, 0.3) is 0 Å². The Morgan fingerprint density at radius 1 is 1.19 bits per heavy atom. The third-order valence-corrected chi connectivity index (χ3v) is 3.38. The molecule has 0 saturated carbocycles. The van der Waals surface area contributed by atoms with Gasteiger partial charge in [0.1, 0.15) is 11.9 Å². The van der Waals surface area contributed by atoms with Gasteiger partial charge in [0.2, 0.25) is 5.91 Å². The second-order valence-electron chi connectivity index (χ2n) is 4.87. The molecule has 4 heteroatoms. The summed E-state index contributed by atoms with van der Waals surface area (Å²) >= 11 is 0. The van der Waals surface area contributed by atoms with Gasteiger partial charge in [-0.2, -0.15) is 0 Å². The molecular weight excluding hydrogens is 267 g/mol. The average Bonchev–Trinajstić information content (AvgIpc) is 2.52. The Hall–Kier alpha value is -2.20. The SMILES string of the molecule is CCN(Cc1cccc(F)c1)C(=O)[C@@H](N)c1ccccc1. The predicted molar refractivity (Wildman–Crippen MR) is 80.9 cm³/mol. The largest absolute Gasteiger partial charge is 0.337 e. The topological polar surface area (TPSA) is 46.3 Å². The molecule has 110 valence electrons. The van der Waals surface area contributed by atoms with Gasteiger partial charge in [-0.15, -0.1) is 0 Å². The summed E-state index contributed by atoms with van der Waals surface area (Å²) in [5.74, 6) is -0.462. The molecule has 0 unspecified atom stereocenters. The third kappa shape index (κ3) is 3.89. The van der Waals surface area contributed by atoms with Crippen molar-refractivity contribution in [2.75, 3.05) is 6.54 Å². The van der Waals surface area contributed by atoms with Crippen LogP contribution in [0.4, 0.5) is 4.39 Å². The van der Waals surface area contributed by atoms with E-state index in [4.69, 9.17) is 5.73 Å². The molecule has 0 aromatic heterocycles. The summed E-state index contributed by atoms with van der Waals surface area (Å²) in [6.45, 7) is 2.76. The number of nitrogens with two attached hydrogens (primary N) is 1. The molecule has 2 N–H and O–H groups in total. The lowest BCUT2D eigenvalue weighted by Crippen LogP contribution is -2.38. The lowest BCUT2D eigenvalue weighted by Gasteiger charge is -2.24. The van der Waals surface area contributed by atoms with Gasteiger partial charge in [0.25, 0.3) is 0 Å². The zero-order chi connectivity index (χ0) is 15.2. The van der Waals surface area contributed by atoms with Crippen molar-refractivity contribution in [1.82, 2.24) is 4.90 Å². The molecule has 0 spiro atoms. The lowest BCUT2D eigenvalue weighted by molar-refractivity contribution is -0.133. The summed E-state index contributed by atoms with van der Waals surface area (Å²) in [7, 11) is 0. The first-order chi connectivity index (χ1) is 10.1. The zero-order valence-electron chi connectivity index (χ0n) is 12.0. The van der Waals surface area contributed by atoms with Crippen molar-refractivity contribution < 1.29 is 9.18 Å². The van der Waals surface area contributed by atoms with Crippen LogP contribution in [0.3, 0.4) is 0 Å². The minimum absolute atomic E-state index is 0.159. The summed E-state index contributed by atoms with van der Waals surface area (Å²) in [4.78, 5) is 14.1. The lowest BCUT2D eigenvalue weighted by atomic mass is 10.1. The van der Waals surface area contributed by atoms with Crippen molar-refractivity contribution >= 4 is 5.91 Å². The maximum absolute atomic E-state index is 13.2. The van der Waals surface area contributed by atoms with Crippen LogP contribution in [0.15, 0.2) is 54.6 Å². The summed E-state index contributed by atoms with van der Waals surface area (Å²) in [5, 5.41) is 0. The van der Waals surface area contributed by atoms with Crippen molar-refractivity contribution in [3.05, 3.63) is 71.5 Å². The van der Waals surface area contributed by atoms with Gasteiger partial charge >= 0.3 is 0 Å². The van der Waals surface area contributed by atoms with E-state index in [1.165, 1.54) is 12.1 Å². The average molecular weight is 286 g/mol. The molecule has 2 rings (SSSR count). The van der Waals surface area contributed by atoms with Crippen LogP contribution in [0, 0.1) is 5.82 Å². The van der Waals surface area contributed by atoms with Crippen LogP contribution in [-0.4, -0.2) is 17.4 Å². The number of benzene rings is 2. The van der Waals surface area contributed by atoms with Crippen molar-refractivity contribution in [3.63, 3.8) is 0 Å². The molecule has 1 amide bonds. The molecule has 0 fully saturated rings. The maximum atomic E-state index is 13.2. The van der Waals surface area contributed by atoms with Crippen molar-refractivity contribution in [2.45, 2.75) is 19.5 Å². The van der Waals surface area contributed by atoms with E-state index in [0.717, 1.165) is 11.1 Å². The third-order valence-electron chi connectivity index (χ3n) is 3.38. The summed E-state index contributed by atoms with van der Waals surface area (Å²) < 4.78 is 13.2. The molecule has 2 aromatic carbocycles. The van der Waals surface area contributed by atoms with Crippen LogP contribution in [0.5, 0.6) is 0 Å². The Labute approximate surface area is 124 Å². The number of likely N-dealkylation sites (N-methyl/N-ethyl adjacent to an activating group) is 1. The molecule has 0 aliphatic rings. The highest BCUT2D eigenvalue weighted by atomic mass is 19.1. The predicted octanol–water partition coefficient (Wildman–Crippen LogP) is 2.87. The molecule has 0 aliphatic carbocycles. The molecule has 1 atom stereocenters. The van der Waals surface area contributed by atoms with Gasteiger partial charge in [-0.1, -0.05) is 42.5 Å². The molecule has 0 radical (unpaired) electrons. The first-order valence-corrected chi connectivity index (χ1v) is 6.95. The van der Waals surface area contributed by atoms with Gasteiger partial charge in [-0.25, -0.2) is 4.39 Å². The summed E-state index contributed by atoms with van der Waals surface area (Å²) in [6, 6.07) is 14.8. The van der Waals surface area contributed by atoms with Crippen LogP contribution in [-0.2, 0) is 11.3 Å². The highest BCUT2D eigenvalue weighted by Crippen LogP contribution is 2.15. The maximum Gasteiger partial charge on any atom is 0.244 e. The van der Waals surface area contributed by atoms with E-state index in [-0.39, 0.29) is 11.7 Å². The molecule has 0 aliphatic heterocycles. The van der Waals surface area contributed by atoms with Gasteiger partial charge in [0.15, 0.2) is 0 Å². The number of hydrogen-bond acceptors (Lipinski definition) is 2. The molecular formula is C17H19FN2O. The molecule has 3 nitrogen and oxygen atoms in total. The molecule has 0 saturated heterocycles. The number of carbonyl (C=O) groups excluding carboxylic acids is 1. The number of rotatable bonds is 5. The van der Waals surface area contributed by atoms with Gasteiger partial charge < -0.3 is 10.6 Å². The first-order valence-electron chi connectivity index (χ1n) is 6.95. The molecule has 0 bridgehead atoms. The van der Waals surface area contributed by atoms with Gasteiger partial charge in [-0.05, 0) is 30.2 Å². The second-order valence-corrected chi connectivity index (χ2v) is 4.87. The Bertz CT molecular complexity index is 601. The molecule has 2 aromatic rings. The van der Waals surface area contributed by atoms with E-state index in [9.17, 15) is 9.18 Å². The number of hydrogen-bond donors (Lipinski definition) is 1. The van der Waals surface area contributed by atoms with Crippen molar-refractivity contribution in [3.8, 4) is 0 Å². The fourth-order valence-electron chi connectivity index (χ4n) is 2.20. The number of nitrogens with zero attached hydrogens (tertiary/aromatic N) is 1. The summed E-state index contributed by atoms with van der Waals surface area (Å²) in [5.41, 5.74) is 7.57. The van der Waals surface area contributed by atoms with Crippen LogP contribution in [0.1, 0.15) is 24.1 Å². The first kappa shape index (κ1) is 15.2. The number of carbonyl (C=O) groups is 1. The monoisotopic (exact) mass is 286 g/mol. The molecule has 0 heterocycles.